The highest BCUT2D eigenvalue weighted by Gasteiger charge is 2.36. The number of piperazine rings is 1. The largest absolute Gasteiger partial charge is 0.433 e. The summed E-state index contributed by atoms with van der Waals surface area (Å²) in [5.41, 5.74) is 0. The summed E-state index contributed by atoms with van der Waals surface area (Å²) in [6.07, 6.45) is 3.66. The third kappa shape index (κ3) is 3.88. The molecule has 0 spiro atoms. The van der Waals surface area contributed by atoms with Crippen LogP contribution in [0.4, 0.5) is 5.88 Å². The maximum atomic E-state index is 10.8. The minimum atomic E-state index is -0.459. The van der Waals surface area contributed by atoms with E-state index in [1.165, 1.54) is 25.3 Å². The summed E-state index contributed by atoms with van der Waals surface area (Å²) in [6.45, 7) is 3.92. The van der Waals surface area contributed by atoms with E-state index in [2.05, 4.69) is 10.2 Å². The van der Waals surface area contributed by atoms with Gasteiger partial charge in [0, 0.05) is 26.2 Å². The summed E-state index contributed by atoms with van der Waals surface area (Å²) in [6, 6.07) is 3.47. The second-order valence-corrected chi connectivity index (χ2v) is 5.35. The van der Waals surface area contributed by atoms with Crippen molar-refractivity contribution in [2.75, 3.05) is 26.2 Å². The van der Waals surface area contributed by atoms with Gasteiger partial charge in [0.1, 0.15) is 10.7 Å². The Morgan fingerprint density at radius 2 is 1.95 bits per heavy atom. The van der Waals surface area contributed by atoms with E-state index in [0.29, 0.717) is 5.92 Å². The molecule has 1 N–H and O–H groups in total. The van der Waals surface area contributed by atoms with Gasteiger partial charge in [0.25, 0.3) is 0 Å². The lowest BCUT2D eigenvalue weighted by atomic mass is 9.78. The van der Waals surface area contributed by atoms with Gasteiger partial charge < -0.3 is 9.73 Å². The van der Waals surface area contributed by atoms with Gasteiger partial charge in [-0.2, -0.15) is 0 Å². The van der Waals surface area contributed by atoms with E-state index in [4.69, 9.17) is 4.42 Å². The second-order valence-electron chi connectivity index (χ2n) is 5.35. The molecule has 1 aliphatic heterocycles. The van der Waals surface area contributed by atoms with E-state index in [0.717, 1.165) is 31.9 Å². The summed E-state index contributed by atoms with van der Waals surface area (Å²) in [7, 11) is 0. The van der Waals surface area contributed by atoms with E-state index in [-0.39, 0.29) is 36.7 Å². The predicted octanol–water partition coefficient (Wildman–Crippen LogP) is 2.78. The lowest BCUT2D eigenvalue weighted by molar-refractivity contribution is -0.402. The Hall–Kier alpha value is -0.820. The molecule has 3 rings (SSSR count). The van der Waals surface area contributed by atoms with Gasteiger partial charge >= 0.3 is 5.88 Å². The van der Waals surface area contributed by atoms with Crippen molar-refractivity contribution >= 4 is 30.7 Å². The Bertz CT molecular complexity index is 459. The lowest BCUT2D eigenvalue weighted by Crippen LogP contribution is -2.47. The van der Waals surface area contributed by atoms with Gasteiger partial charge in [0.05, 0.1) is 12.1 Å². The van der Waals surface area contributed by atoms with Crippen LogP contribution in [0.3, 0.4) is 0 Å². The number of nitrogens with one attached hydrogen (secondary N) is 1. The van der Waals surface area contributed by atoms with Crippen LogP contribution in [-0.2, 0) is 0 Å². The van der Waals surface area contributed by atoms with Crippen molar-refractivity contribution in [2.45, 2.75) is 25.3 Å². The monoisotopic (exact) mass is 337 g/mol. The molecule has 6 nitrogen and oxygen atoms in total. The molecule has 1 saturated heterocycles. The van der Waals surface area contributed by atoms with Gasteiger partial charge in [0.15, 0.2) is 0 Å². The first-order valence-electron chi connectivity index (χ1n) is 6.94. The van der Waals surface area contributed by atoms with E-state index in [1.807, 2.05) is 0 Å². The molecule has 0 bridgehead atoms. The summed E-state index contributed by atoms with van der Waals surface area (Å²) in [5.74, 6) is 1.21. The Kier molecular flexibility index (Phi) is 6.93. The molecule has 1 aromatic rings. The SMILES string of the molecule is Cl.Cl.O=[N+]([O-])c1ccc([C@H](C2CCC2)N2CCNCC2)o1. The third-order valence-corrected chi connectivity index (χ3v) is 4.23. The van der Waals surface area contributed by atoms with Crippen LogP contribution in [0.25, 0.3) is 0 Å². The smallest absolute Gasteiger partial charge is 0.404 e. The van der Waals surface area contributed by atoms with E-state index >= 15 is 0 Å². The zero-order valence-electron chi connectivity index (χ0n) is 11.7. The zero-order chi connectivity index (χ0) is 13.2. The summed E-state index contributed by atoms with van der Waals surface area (Å²) in [5, 5.41) is 14.1. The zero-order valence-corrected chi connectivity index (χ0v) is 13.3. The molecule has 2 fully saturated rings. The maximum Gasteiger partial charge on any atom is 0.433 e. The molecule has 1 aliphatic carbocycles. The highest BCUT2D eigenvalue weighted by molar-refractivity contribution is 5.85. The highest BCUT2D eigenvalue weighted by Crippen LogP contribution is 2.42. The molecule has 1 saturated carbocycles. The number of halogens is 2. The fraction of sp³-hybridized carbons (Fsp3) is 0.692. The summed E-state index contributed by atoms with van der Waals surface area (Å²) < 4.78 is 5.46. The fourth-order valence-corrected chi connectivity index (χ4v) is 3.03. The second kappa shape index (κ2) is 7.98. The van der Waals surface area contributed by atoms with Crippen molar-refractivity contribution in [1.29, 1.82) is 0 Å². The van der Waals surface area contributed by atoms with E-state index in [9.17, 15) is 10.1 Å². The van der Waals surface area contributed by atoms with Crippen LogP contribution in [0, 0.1) is 16.0 Å². The number of hydrogen-bond donors (Lipinski definition) is 1. The normalized spacial score (nSPS) is 20.8. The highest BCUT2D eigenvalue weighted by atomic mass is 35.5. The first-order chi connectivity index (χ1) is 9.25. The van der Waals surface area contributed by atoms with Crippen LogP contribution in [-0.4, -0.2) is 36.0 Å². The Morgan fingerprint density at radius 3 is 2.43 bits per heavy atom. The van der Waals surface area contributed by atoms with Crippen LogP contribution in [0.2, 0.25) is 0 Å². The Morgan fingerprint density at radius 1 is 1.29 bits per heavy atom. The van der Waals surface area contributed by atoms with Crippen molar-refractivity contribution in [1.82, 2.24) is 10.2 Å². The van der Waals surface area contributed by atoms with Crippen molar-refractivity contribution in [2.24, 2.45) is 5.92 Å². The molecule has 0 amide bonds. The third-order valence-electron chi connectivity index (χ3n) is 4.23. The Labute approximate surface area is 136 Å². The average molecular weight is 338 g/mol. The molecule has 120 valence electrons. The van der Waals surface area contributed by atoms with Crippen molar-refractivity contribution in [3.8, 4) is 0 Å². The van der Waals surface area contributed by atoms with Crippen LogP contribution in [0.15, 0.2) is 16.5 Å². The quantitative estimate of drug-likeness (QED) is 0.675. The molecular formula is C13H21Cl2N3O3. The van der Waals surface area contributed by atoms with Gasteiger partial charge in [-0.05, 0) is 24.8 Å². The molecule has 0 unspecified atom stereocenters. The van der Waals surface area contributed by atoms with Crippen LogP contribution in [0.1, 0.15) is 31.1 Å². The van der Waals surface area contributed by atoms with Crippen molar-refractivity contribution in [3.05, 3.63) is 28.0 Å². The van der Waals surface area contributed by atoms with E-state index in [1.54, 1.807) is 6.07 Å². The van der Waals surface area contributed by atoms with Crippen LogP contribution in [0.5, 0.6) is 0 Å². The molecule has 1 aromatic heterocycles. The standard InChI is InChI=1S/C13H19N3O3.2ClH/c17-16(18)12-5-4-11(19-12)13(10-2-1-3-10)15-8-6-14-7-9-15;;/h4-5,10,13-14H,1-3,6-9H2;2*1H/t13-;;/m0../s1. The van der Waals surface area contributed by atoms with Gasteiger partial charge in [0.2, 0.25) is 0 Å². The molecule has 21 heavy (non-hydrogen) atoms. The molecule has 2 aliphatic rings. The number of rotatable bonds is 4. The molecule has 0 aromatic carbocycles. The van der Waals surface area contributed by atoms with Gasteiger partial charge in [-0.25, -0.2) is 0 Å². The number of nitro groups is 1. The number of furan rings is 1. The summed E-state index contributed by atoms with van der Waals surface area (Å²) in [4.78, 5) is 12.7. The van der Waals surface area contributed by atoms with Crippen LogP contribution < -0.4 is 5.32 Å². The van der Waals surface area contributed by atoms with Crippen molar-refractivity contribution in [3.63, 3.8) is 0 Å². The molecule has 2 heterocycles. The van der Waals surface area contributed by atoms with Crippen molar-refractivity contribution < 1.29 is 9.34 Å². The molecule has 8 heteroatoms. The maximum absolute atomic E-state index is 10.8. The van der Waals surface area contributed by atoms with Crippen LogP contribution >= 0.6 is 24.8 Å². The first kappa shape index (κ1) is 18.2. The van der Waals surface area contributed by atoms with Gasteiger partial charge in [-0.15, -0.1) is 24.8 Å². The minimum absolute atomic E-state index is 0. The average Bonchev–Trinajstić information content (AvgIpc) is 2.84. The molecule has 1 atom stereocenters. The topological polar surface area (TPSA) is 71.6 Å². The predicted molar refractivity (Wildman–Crippen MR) is 84.4 cm³/mol. The van der Waals surface area contributed by atoms with Gasteiger partial charge in [-0.1, -0.05) is 6.42 Å². The number of nitrogens with zero attached hydrogens (tertiary/aromatic N) is 2. The van der Waals surface area contributed by atoms with Gasteiger partial charge in [-0.3, -0.25) is 15.0 Å². The lowest BCUT2D eigenvalue weighted by Gasteiger charge is -2.41. The molecular weight excluding hydrogens is 317 g/mol. The minimum Gasteiger partial charge on any atom is -0.404 e. The summed E-state index contributed by atoms with van der Waals surface area (Å²) >= 11 is 0. The Balaban J connectivity index is 0.00000110. The van der Waals surface area contributed by atoms with E-state index < -0.39 is 4.92 Å². The first-order valence-corrected chi connectivity index (χ1v) is 6.94. The molecule has 0 radical (unpaired) electrons. The fourth-order valence-electron chi connectivity index (χ4n) is 3.03. The number of hydrogen-bond acceptors (Lipinski definition) is 5.